The molecule has 0 bridgehead atoms. The number of urea groups is 1. The van der Waals surface area contributed by atoms with Crippen LogP contribution in [0.4, 0.5) is 16.2 Å². The van der Waals surface area contributed by atoms with Crippen LogP contribution >= 0.6 is 0 Å². The zero-order chi connectivity index (χ0) is 16.7. The minimum Gasteiger partial charge on any atom is -0.484 e. The summed E-state index contributed by atoms with van der Waals surface area (Å²) in [6.45, 7) is 1.87. The third-order valence-electron chi connectivity index (χ3n) is 2.99. The van der Waals surface area contributed by atoms with Crippen molar-refractivity contribution in [3.63, 3.8) is 0 Å². The summed E-state index contributed by atoms with van der Waals surface area (Å²) in [4.78, 5) is 23.2. The number of rotatable bonds is 5. The van der Waals surface area contributed by atoms with E-state index in [-0.39, 0.29) is 18.5 Å². The fraction of sp³-hybridized carbons (Fsp3) is 0.176. The Morgan fingerprint density at radius 1 is 1.00 bits per heavy atom. The second-order valence-corrected chi connectivity index (χ2v) is 4.94. The zero-order valence-corrected chi connectivity index (χ0v) is 13.1. The number of aryl methyl sites for hydroxylation is 1. The summed E-state index contributed by atoms with van der Waals surface area (Å²) in [5.74, 6) is 0.374. The molecule has 2 aromatic rings. The Balaban J connectivity index is 1.90. The SMILES string of the molecule is CNC(=O)Nc1cccc(NC(=O)COc2cccc(C)c2)c1. The molecule has 0 unspecified atom stereocenters. The molecule has 0 aliphatic carbocycles. The average Bonchev–Trinajstić information content (AvgIpc) is 2.53. The van der Waals surface area contributed by atoms with Crippen molar-refractivity contribution in [3.8, 4) is 5.75 Å². The lowest BCUT2D eigenvalue weighted by Gasteiger charge is -2.10. The molecule has 0 fully saturated rings. The van der Waals surface area contributed by atoms with Crippen molar-refractivity contribution < 1.29 is 14.3 Å². The Kier molecular flexibility index (Phi) is 5.57. The van der Waals surface area contributed by atoms with E-state index in [1.54, 1.807) is 30.3 Å². The Morgan fingerprint density at radius 2 is 1.70 bits per heavy atom. The second-order valence-electron chi connectivity index (χ2n) is 4.94. The number of hydrogen-bond donors (Lipinski definition) is 3. The first kappa shape index (κ1) is 16.4. The minimum absolute atomic E-state index is 0.0868. The molecular formula is C17H19N3O3. The molecule has 0 aromatic heterocycles. The maximum atomic E-state index is 11.9. The molecular weight excluding hydrogens is 294 g/mol. The molecule has 0 heterocycles. The van der Waals surface area contributed by atoms with E-state index >= 15 is 0 Å². The van der Waals surface area contributed by atoms with Crippen LogP contribution < -0.4 is 20.7 Å². The molecule has 0 saturated carbocycles. The highest BCUT2D eigenvalue weighted by Gasteiger charge is 2.05. The van der Waals surface area contributed by atoms with Crippen LogP contribution in [0.15, 0.2) is 48.5 Å². The van der Waals surface area contributed by atoms with Crippen molar-refractivity contribution in [2.24, 2.45) is 0 Å². The lowest BCUT2D eigenvalue weighted by molar-refractivity contribution is -0.118. The van der Waals surface area contributed by atoms with E-state index in [9.17, 15) is 9.59 Å². The predicted octanol–water partition coefficient (Wildman–Crippen LogP) is 2.76. The zero-order valence-electron chi connectivity index (χ0n) is 13.1. The van der Waals surface area contributed by atoms with Gasteiger partial charge in [0.15, 0.2) is 6.61 Å². The number of carbonyl (C=O) groups excluding carboxylic acids is 2. The third kappa shape index (κ3) is 5.35. The lowest BCUT2D eigenvalue weighted by atomic mass is 10.2. The Labute approximate surface area is 134 Å². The fourth-order valence-corrected chi connectivity index (χ4v) is 1.92. The predicted molar refractivity (Wildman–Crippen MR) is 89.8 cm³/mol. The molecule has 3 N–H and O–H groups in total. The number of hydrogen-bond acceptors (Lipinski definition) is 3. The largest absolute Gasteiger partial charge is 0.484 e. The quantitative estimate of drug-likeness (QED) is 0.794. The van der Waals surface area contributed by atoms with E-state index in [4.69, 9.17) is 4.74 Å². The summed E-state index contributed by atoms with van der Waals surface area (Å²) in [6.07, 6.45) is 0. The van der Waals surface area contributed by atoms with E-state index in [1.807, 2.05) is 25.1 Å². The maximum absolute atomic E-state index is 11.9. The van der Waals surface area contributed by atoms with Crippen LogP contribution in [-0.2, 0) is 4.79 Å². The molecule has 2 aromatic carbocycles. The summed E-state index contributed by atoms with van der Waals surface area (Å²) in [5, 5.41) is 7.82. The van der Waals surface area contributed by atoms with Crippen LogP contribution in [0.1, 0.15) is 5.56 Å². The van der Waals surface area contributed by atoms with Gasteiger partial charge in [-0.25, -0.2) is 4.79 Å². The van der Waals surface area contributed by atoms with Crippen LogP contribution in [0.3, 0.4) is 0 Å². The van der Waals surface area contributed by atoms with Crippen molar-refractivity contribution >= 4 is 23.3 Å². The van der Waals surface area contributed by atoms with E-state index < -0.39 is 0 Å². The first-order valence-electron chi connectivity index (χ1n) is 7.15. The lowest BCUT2D eigenvalue weighted by Crippen LogP contribution is -2.24. The van der Waals surface area contributed by atoms with E-state index in [0.717, 1.165) is 5.56 Å². The van der Waals surface area contributed by atoms with Crippen molar-refractivity contribution in [2.75, 3.05) is 24.3 Å². The van der Waals surface area contributed by atoms with Gasteiger partial charge in [-0.2, -0.15) is 0 Å². The van der Waals surface area contributed by atoms with Crippen LogP contribution in [-0.4, -0.2) is 25.6 Å². The Hall–Kier alpha value is -3.02. The summed E-state index contributed by atoms with van der Waals surface area (Å²) in [6, 6.07) is 14.0. The molecule has 3 amide bonds. The van der Waals surface area contributed by atoms with Gasteiger partial charge in [-0.3, -0.25) is 4.79 Å². The molecule has 0 spiro atoms. The summed E-state index contributed by atoms with van der Waals surface area (Å²) in [7, 11) is 1.53. The van der Waals surface area contributed by atoms with Gasteiger partial charge in [0, 0.05) is 18.4 Å². The molecule has 0 saturated heterocycles. The molecule has 2 rings (SSSR count). The highest BCUT2D eigenvalue weighted by atomic mass is 16.5. The fourth-order valence-electron chi connectivity index (χ4n) is 1.92. The third-order valence-corrected chi connectivity index (χ3v) is 2.99. The first-order valence-corrected chi connectivity index (χ1v) is 7.15. The van der Waals surface area contributed by atoms with Crippen LogP contribution in [0.2, 0.25) is 0 Å². The molecule has 6 nitrogen and oxygen atoms in total. The normalized spacial score (nSPS) is 9.83. The molecule has 0 radical (unpaired) electrons. The number of nitrogens with one attached hydrogen (secondary N) is 3. The summed E-state index contributed by atoms with van der Waals surface area (Å²) >= 11 is 0. The number of amides is 3. The van der Waals surface area contributed by atoms with Crippen LogP contribution in [0.5, 0.6) is 5.75 Å². The van der Waals surface area contributed by atoms with Crippen molar-refractivity contribution in [1.82, 2.24) is 5.32 Å². The van der Waals surface area contributed by atoms with Gasteiger partial charge in [0.1, 0.15) is 5.75 Å². The van der Waals surface area contributed by atoms with Gasteiger partial charge in [0.05, 0.1) is 0 Å². The standard InChI is InChI=1S/C17H19N3O3/c1-12-5-3-8-15(9-12)23-11-16(21)19-13-6-4-7-14(10-13)20-17(22)18-2/h3-10H,11H2,1-2H3,(H,19,21)(H2,18,20,22). The molecule has 0 aliphatic rings. The number of benzene rings is 2. The molecule has 0 aliphatic heterocycles. The van der Waals surface area contributed by atoms with Crippen molar-refractivity contribution in [2.45, 2.75) is 6.92 Å². The summed E-state index contributed by atoms with van der Waals surface area (Å²) < 4.78 is 5.44. The van der Waals surface area contributed by atoms with Crippen molar-refractivity contribution in [3.05, 3.63) is 54.1 Å². The van der Waals surface area contributed by atoms with Gasteiger partial charge in [-0.05, 0) is 42.8 Å². The van der Waals surface area contributed by atoms with Crippen LogP contribution in [0, 0.1) is 6.92 Å². The van der Waals surface area contributed by atoms with Gasteiger partial charge < -0.3 is 20.7 Å². The van der Waals surface area contributed by atoms with Gasteiger partial charge in [-0.15, -0.1) is 0 Å². The maximum Gasteiger partial charge on any atom is 0.318 e. The highest BCUT2D eigenvalue weighted by molar-refractivity contribution is 5.94. The van der Waals surface area contributed by atoms with Gasteiger partial charge in [0.2, 0.25) is 0 Å². The topological polar surface area (TPSA) is 79.5 Å². The van der Waals surface area contributed by atoms with E-state index in [1.165, 1.54) is 7.05 Å². The summed E-state index contributed by atoms with van der Waals surface area (Å²) in [5.41, 5.74) is 2.23. The number of anilines is 2. The first-order chi connectivity index (χ1) is 11.1. The van der Waals surface area contributed by atoms with E-state index in [0.29, 0.717) is 17.1 Å². The molecule has 0 atom stereocenters. The smallest absolute Gasteiger partial charge is 0.318 e. The number of carbonyl (C=O) groups is 2. The van der Waals surface area contributed by atoms with Crippen molar-refractivity contribution in [1.29, 1.82) is 0 Å². The highest BCUT2D eigenvalue weighted by Crippen LogP contribution is 2.15. The number of ether oxygens (including phenoxy) is 1. The monoisotopic (exact) mass is 313 g/mol. The van der Waals surface area contributed by atoms with Gasteiger partial charge in [0.25, 0.3) is 5.91 Å². The second kappa shape index (κ2) is 7.84. The minimum atomic E-state index is -0.323. The van der Waals surface area contributed by atoms with E-state index in [2.05, 4.69) is 16.0 Å². The molecule has 120 valence electrons. The average molecular weight is 313 g/mol. The van der Waals surface area contributed by atoms with Crippen LogP contribution in [0.25, 0.3) is 0 Å². The van der Waals surface area contributed by atoms with Gasteiger partial charge in [-0.1, -0.05) is 18.2 Å². The molecule has 6 heteroatoms. The molecule has 23 heavy (non-hydrogen) atoms. The van der Waals surface area contributed by atoms with Gasteiger partial charge >= 0.3 is 6.03 Å². The Bertz CT molecular complexity index is 701. The Morgan fingerprint density at radius 3 is 2.39 bits per heavy atom.